The molecule has 1 N–H and O–H groups in total. The molecule has 88 valence electrons. The van der Waals surface area contributed by atoms with Crippen LogP contribution in [-0.4, -0.2) is 40.1 Å². The zero-order valence-corrected chi connectivity index (χ0v) is 9.98. The smallest absolute Gasteiger partial charge is 0.214 e. The summed E-state index contributed by atoms with van der Waals surface area (Å²) in [5.41, 5.74) is 0. The third-order valence-electron chi connectivity index (χ3n) is 2.86. The molecule has 5 nitrogen and oxygen atoms in total. The minimum Gasteiger partial charge on any atom is -0.229 e. The second-order valence-electron chi connectivity index (χ2n) is 4.36. The highest BCUT2D eigenvalue weighted by Gasteiger charge is 2.36. The van der Waals surface area contributed by atoms with Gasteiger partial charge in [0.05, 0.1) is 16.8 Å². The van der Waals surface area contributed by atoms with Crippen molar-refractivity contribution in [3.8, 4) is 0 Å². The summed E-state index contributed by atoms with van der Waals surface area (Å²) in [5.74, 6) is 0.284. The Bertz CT molecular complexity index is 435. The molecule has 0 aromatic rings. The number of sulfonamides is 1. The minimum atomic E-state index is -3.16. The first-order chi connectivity index (χ1) is 6.89. The van der Waals surface area contributed by atoms with Gasteiger partial charge in [0.2, 0.25) is 10.0 Å². The Morgan fingerprint density at radius 2 is 1.87 bits per heavy atom. The van der Waals surface area contributed by atoms with E-state index in [9.17, 15) is 16.8 Å². The maximum Gasteiger partial charge on any atom is 0.214 e. The summed E-state index contributed by atoms with van der Waals surface area (Å²) in [6.07, 6.45) is 2.05. The fraction of sp³-hybridized carbons (Fsp3) is 1.00. The molecule has 1 aliphatic heterocycles. The molecule has 0 spiro atoms. The molecule has 0 bridgehead atoms. The van der Waals surface area contributed by atoms with Crippen LogP contribution in [0.15, 0.2) is 0 Å². The molecule has 15 heavy (non-hydrogen) atoms. The van der Waals surface area contributed by atoms with E-state index in [4.69, 9.17) is 0 Å². The average Bonchev–Trinajstić information content (AvgIpc) is 2.89. The Hall–Kier alpha value is -0.140. The first-order valence-electron chi connectivity index (χ1n) is 5.08. The monoisotopic (exact) mass is 253 g/mol. The molecule has 0 aromatic carbocycles. The second-order valence-corrected chi connectivity index (χ2v) is 8.64. The van der Waals surface area contributed by atoms with Gasteiger partial charge in [-0.2, -0.15) is 0 Å². The van der Waals surface area contributed by atoms with E-state index < -0.39 is 19.9 Å². The van der Waals surface area contributed by atoms with Crippen LogP contribution < -0.4 is 4.72 Å². The predicted octanol–water partition coefficient (Wildman–Crippen LogP) is -0.497. The van der Waals surface area contributed by atoms with E-state index in [2.05, 4.69) is 4.72 Å². The molecule has 0 unspecified atom stereocenters. The molecular weight excluding hydrogens is 238 g/mol. The Morgan fingerprint density at radius 1 is 1.20 bits per heavy atom. The van der Waals surface area contributed by atoms with Gasteiger partial charge in [-0.15, -0.1) is 0 Å². The van der Waals surface area contributed by atoms with Crippen molar-refractivity contribution in [2.45, 2.75) is 24.5 Å². The van der Waals surface area contributed by atoms with Crippen LogP contribution in [0.5, 0.6) is 0 Å². The number of sulfone groups is 1. The van der Waals surface area contributed by atoms with Gasteiger partial charge < -0.3 is 0 Å². The number of hydrogen-bond donors (Lipinski definition) is 1. The van der Waals surface area contributed by atoms with Crippen molar-refractivity contribution < 1.29 is 16.8 Å². The van der Waals surface area contributed by atoms with Crippen molar-refractivity contribution in [1.29, 1.82) is 0 Å². The van der Waals surface area contributed by atoms with Gasteiger partial charge in [0, 0.05) is 6.54 Å². The van der Waals surface area contributed by atoms with E-state index in [0.717, 1.165) is 12.8 Å². The highest BCUT2D eigenvalue weighted by Crippen LogP contribution is 2.27. The molecule has 0 amide bonds. The summed E-state index contributed by atoms with van der Waals surface area (Å²) >= 11 is 0. The Morgan fingerprint density at radius 3 is 2.33 bits per heavy atom. The maximum atomic E-state index is 11.5. The zero-order chi connectivity index (χ0) is 11.1. The van der Waals surface area contributed by atoms with Crippen LogP contribution in [0.2, 0.25) is 0 Å². The number of hydrogen-bond acceptors (Lipinski definition) is 4. The standard InChI is InChI=1S/C8H15NO4S2/c10-14(11)4-3-7(6-14)5-9-15(12,13)8-1-2-8/h7-9H,1-6H2/t7-/m1/s1. The topological polar surface area (TPSA) is 80.3 Å². The first kappa shape index (κ1) is 11.3. The molecular formula is C8H15NO4S2. The quantitative estimate of drug-likeness (QED) is 0.732. The lowest BCUT2D eigenvalue weighted by molar-refractivity contribution is 0.542. The third-order valence-corrected chi connectivity index (χ3v) is 6.62. The molecule has 0 radical (unpaired) electrons. The van der Waals surface area contributed by atoms with Gasteiger partial charge in [-0.3, -0.25) is 0 Å². The van der Waals surface area contributed by atoms with Gasteiger partial charge in [-0.25, -0.2) is 21.6 Å². The Kier molecular flexibility index (Phi) is 2.81. The lowest BCUT2D eigenvalue weighted by Gasteiger charge is -2.09. The van der Waals surface area contributed by atoms with Crippen LogP contribution in [0.4, 0.5) is 0 Å². The normalized spacial score (nSPS) is 30.5. The highest BCUT2D eigenvalue weighted by atomic mass is 32.2. The van der Waals surface area contributed by atoms with E-state index in [0.29, 0.717) is 6.42 Å². The molecule has 2 rings (SSSR count). The van der Waals surface area contributed by atoms with Crippen molar-refractivity contribution in [1.82, 2.24) is 4.72 Å². The highest BCUT2D eigenvalue weighted by molar-refractivity contribution is 7.91. The van der Waals surface area contributed by atoms with E-state index in [1.807, 2.05) is 0 Å². The molecule has 0 aromatic heterocycles. The third kappa shape index (κ3) is 2.92. The lowest BCUT2D eigenvalue weighted by Crippen LogP contribution is -2.32. The molecule has 1 atom stereocenters. The van der Waals surface area contributed by atoms with Crippen molar-refractivity contribution >= 4 is 19.9 Å². The van der Waals surface area contributed by atoms with E-state index in [-0.39, 0.29) is 29.2 Å². The molecule has 1 heterocycles. The second kappa shape index (κ2) is 3.71. The largest absolute Gasteiger partial charge is 0.229 e. The maximum absolute atomic E-state index is 11.5. The van der Waals surface area contributed by atoms with Crippen molar-refractivity contribution in [3.05, 3.63) is 0 Å². The van der Waals surface area contributed by atoms with Crippen molar-refractivity contribution in [3.63, 3.8) is 0 Å². The summed E-state index contributed by atoms with van der Waals surface area (Å²) in [4.78, 5) is 0. The first-order valence-corrected chi connectivity index (χ1v) is 8.45. The number of rotatable bonds is 4. The summed E-state index contributed by atoms with van der Waals surface area (Å²) in [6.45, 7) is 0.276. The average molecular weight is 253 g/mol. The minimum absolute atomic E-state index is 0.0384. The molecule has 1 saturated carbocycles. The molecule has 2 aliphatic rings. The summed E-state index contributed by atoms with van der Waals surface area (Å²) in [7, 11) is -6.06. The Labute approximate surface area is 90.2 Å². The van der Waals surface area contributed by atoms with E-state index in [1.54, 1.807) is 0 Å². The van der Waals surface area contributed by atoms with Gasteiger partial charge in [-0.1, -0.05) is 0 Å². The van der Waals surface area contributed by atoms with Gasteiger partial charge >= 0.3 is 0 Å². The van der Waals surface area contributed by atoms with E-state index >= 15 is 0 Å². The molecule has 1 aliphatic carbocycles. The van der Waals surface area contributed by atoms with Crippen LogP contribution in [0.25, 0.3) is 0 Å². The zero-order valence-electron chi connectivity index (χ0n) is 8.35. The van der Waals surface area contributed by atoms with E-state index in [1.165, 1.54) is 0 Å². The van der Waals surface area contributed by atoms with Crippen molar-refractivity contribution in [2.75, 3.05) is 18.1 Å². The summed E-state index contributed by atoms with van der Waals surface area (Å²) < 4.78 is 47.7. The van der Waals surface area contributed by atoms with Crippen LogP contribution in [0, 0.1) is 5.92 Å². The van der Waals surface area contributed by atoms with Crippen LogP contribution in [-0.2, 0) is 19.9 Å². The predicted molar refractivity (Wildman–Crippen MR) is 56.7 cm³/mol. The van der Waals surface area contributed by atoms with Crippen LogP contribution in [0.3, 0.4) is 0 Å². The molecule has 7 heteroatoms. The van der Waals surface area contributed by atoms with Gasteiger partial charge in [0.15, 0.2) is 9.84 Å². The summed E-state index contributed by atoms with van der Waals surface area (Å²) in [6, 6.07) is 0. The van der Waals surface area contributed by atoms with Gasteiger partial charge in [0.1, 0.15) is 0 Å². The fourth-order valence-electron chi connectivity index (χ4n) is 1.76. The van der Waals surface area contributed by atoms with Gasteiger partial charge in [-0.05, 0) is 25.2 Å². The molecule has 1 saturated heterocycles. The summed E-state index contributed by atoms with van der Waals surface area (Å²) in [5, 5.41) is -0.226. The molecule has 2 fully saturated rings. The number of nitrogens with one attached hydrogen (secondary N) is 1. The van der Waals surface area contributed by atoms with Gasteiger partial charge in [0.25, 0.3) is 0 Å². The Balaban J connectivity index is 1.84. The SMILES string of the molecule is O=S1(=O)CC[C@H](CNS(=O)(=O)C2CC2)C1. The lowest BCUT2D eigenvalue weighted by atomic mass is 10.1. The van der Waals surface area contributed by atoms with Crippen LogP contribution in [0.1, 0.15) is 19.3 Å². The fourth-order valence-corrected chi connectivity index (χ4v) is 5.09. The van der Waals surface area contributed by atoms with Crippen LogP contribution >= 0.6 is 0 Å². The van der Waals surface area contributed by atoms with Crippen molar-refractivity contribution in [2.24, 2.45) is 5.92 Å².